The molecule has 28 heavy (non-hydrogen) atoms. The van der Waals surface area contributed by atoms with E-state index < -0.39 is 5.97 Å². The molecule has 0 amide bonds. The maximum absolute atomic E-state index is 11.5. The van der Waals surface area contributed by atoms with Gasteiger partial charge in [0.25, 0.3) is 0 Å². The first kappa shape index (κ1) is 18.4. The van der Waals surface area contributed by atoms with Crippen molar-refractivity contribution in [3.05, 3.63) is 71.5 Å². The van der Waals surface area contributed by atoms with Crippen molar-refractivity contribution in [2.24, 2.45) is 0 Å². The first-order valence-corrected chi connectivity index (χ1v) is 9.53. The standard InChI is InChI=1S/C22H23N3O3/c1-15-21(24-11-10-23-15)16-5-4-12-25(13-16)14-17-8-9-20(28-17)18-6-2-3-7-19(18)22(26)27/h2-3,6-11,16H,4-5,12-14H2,1H3,(H,26,27)/t16-/m0/s1. The molecule has 0 radical (unpaired) electrons. The van der Waals surface area contributed by atoms with Crippen molar-refractivity contribution < 1.29 is 14.3 Å². The molecular formula is C22H23N3O3. The number of carboxylic acids is 1. The maximum Gasteiger partial charge on any atom is 0.336 e. The monoisotopic (exact) mass is 377 g/mol. The molecule has 1 aromatic carbocycles. The molecule has 1 N–H and O–H groups in total. The number of benzene rings is 1. The zero-order valence-electron chi connectivity index (χ0n) is 15.8. The maximum atomic E-state index is 11.5. The van der Waals surface area contributed by atoms with E-state index in [9.17, 15) is 9.90 Å². The third-order valence-electron chi connectivity index (χ3n) is 5.28. The van der Waals surface area contributed by atoms with Crippen LogP contribution in [-0.2, 0) is 6.54 Å². The lowest BCUT2D eigenvalue weighted by atomic mass is 9.93. The van der Waals surface area contributed by atoms with Gasteiger partial charge in [0.2, 0.25) is 0 Å². The summed E-state index contributed by atoms with van der Waals surface area (Å²) in [5, 5.41) is 9.39. The number of hydrogen-bond acceptors (Lipinski definition) is 5. The molecule has 1 fully saturated rings. The van der Waals surface area contributed by atoms with Crippen molar-refractivity contribution in [2.45, 2.75) is 32.2 Å². The largest absolute Gasteiger partial charge is 0.478 e. The Kier molecular flexibility index (Phi) is 5.21. The van der Waals surface area contributed by atoms with Crippen molar-refractivity contribution >= 4 is 5.97 Å². The Morgan fingerprint density at radius 3 is 2.86 bits per heavy atom. The fourth-order valence-electron chi connectivity index (χ4n) is 3.95. The highest BCUT2D eigenvalue weighted by molar-refractivity contribution is 5.95. The lowest BCUT2D eigenvalue weighted by molar-refractivity contribution is 0.0697. The Labute approximate surface area is 163 Å². The topological polar surface area (TPSA) is 79.5 Å². The van der Waals surface area contributed by atoms with Gasteiger partial charge in [-0.1, -0.05) is 18.2 Å². The molecule has 1 aliphatic rings. The minimum absolute atomic E-state index is 0.250. The number of nitrogens with zero attached hydrogens (tertiary/aromatic N) is 3. The Hall–Kier alpha value is -2.99. The van der Waals surface area contributed by atoms with Gasteiger partial charge in [-0.2, -0.15) is 0 Å². The fourth-order valence-corrected chi connectivity index (χ4v) is 3.95. The van der Waals surface area contributed by atoms with Gasteiger partial charge in [0.15, 0.2) is 0 Å². The molecule has 0 aliphatic carbocycles. The smallest absolute Gasteiger partial charge is 0.336 e. The number of furan rings is 1. The lowest BCUT2D eigenvalue weighted by Crippen LogP contribution is -2.34. The van der Waals surface area contributed by atoms with Crippen LogP contribution in [0.3, 0.4) is 0 Å². The summed E-state index contributed by atoms with van der Waals surface area (Å²) >= 11 is 0. The number of aryl methyl sites for hydroxylation is 1. The summed E-state index contributed by atoms with van der Waals surface area (Å²) in [6, 6.07) is 10.7. The van der Waals surface area contributed by atoms with Gasteiger partial charge in [-0.25, -0.2) is 4.79 Å². The molecule has 0 bridgehead atoms. The fraction of sp³-hybridized carbons (Fsp3) is 0.318. The van der Waals surface area contributed by atoms with Gasteiger partial charge >= 0.3 is 5.97 Å². The van der Waals surface area contributed by atoms with Crippen molar-refractivity contribution in [1.29, 1.82) is 0 Å². The second-order valence-electron chi connectivity index (χ2n) is 7.22. The predicted molar refractivity (Wildman–Crippen MR) is 105 cm³/mol. The Bertz CT molecular complexity index is 982. The molecule has 0 unspecified atom stereocenters. The molecule has 4 rings (SSSR count). The Balaban J connectivity index is 1.49. The average Bonchev–Trinajstić information content (AvgIpc) is 3.17. The summed E-state index contributed by atoms with van der Waals surface area (Å²) in [6.45, 7) is 4.64. The van der Waals surface area contributed by atoms with Crippen molar-refractivity contribution in [3.8, 4) is 11.3 Å². The van der Waals surface area contributed by atoms with Gasteiger partial charge < -0.3 is 9.52 Å². The molecule has 1 saturated heterocycles. The highest BCUT2D eigenvalue weighted by atomic mass is 16.4. The SMILES string of the molecule is Cc1nccnc1[C@H]1CCCN(Cc2ccc(-c3ccccc3C(=O)O)o2)C1. The van der Waals surface area contributed by atoms with Crippen LogP contribution < -0.4 is 0 Å². The van der Waals surface area contributed by atoms with E-state index in [1.54, 1.807) is 30.6 Å². The summed E-state index contributed by atoms with van der Waals surface area (Å²) in [5.74, 6) is 0.856. The van der Waals surface area contributed by atoms with Crippen molar-refractivity contribution in [3.63, 3.8) is 0 Å². The van der Waals surface area contributed by atoms with Crippen LogP contribution in [0.25, 0.3) is 11.3 Å². The third-order valence-corrected chi connectivity index (χ3v) is 5.28. The van der Waals surface area contributed by atoms with Gasteiger partial charge in [0.05, 0.1) is 23.5 Å². The normalized spacial score (nSPS) is 17.5. The van der Waals surface area contributed by atoms with Crippen LogP contribution in [0.1, 0.15) is 46.3 Å². The minimum Gasteiger partial charge on any atom is -0.478 e. The van der Waals surface area contributed by atoms with E-state index in [1.165, 1.54) is 0 Å². The summed E-state index contributed by atoms with van der Waals surface area (Å²) in [4.78, 5) is 22.7. The van der Waals surface area contributed by atoms with E-state index in [2.05, 4.69) is 14.9 Å². The first-order chi connectivity index (χ1) is 13.6. The van der Waals surface area contributed by atoms with Gasteiger partial charge in [-0.15, -0.1) is 0 Å². The molecule has 144 valence electrons. The van der Waals surface area contributed by atoms with Crippen LogP contribution >= 0.6 is 0 Å². The van der Waals surface area contributed by atoms with Gasteiger partial charge in [-0.05, 0) is 44.5 Å². The van der Waals surface area contributed by atoms with E-state index in [4.69, 9.17) is 4.42 Å². The number of rotatable bonds is 5. The van der Waals surface area contributed by atoms with Crippen LogP contribution in [0.5, 0.6) is 0 Å². The van der Waals surface area contributed by atoms with E-state index in [1.807, 2.05) is 25.1 Å². The third kappa shape index (κ3) is 3.82. The molecule has 1 aliphatic heterocycles. The number of aromatic nitrogens is 2. The second-order valence-corrected chi connectivity index (χ2v) is 7.22. The van der Waals surface area contributed by atoms with Gasteiger partial charge in [0.1, 0.15) is 11.5 Å². The number of carbonyl (C=O) groups is 1. The Morgan fingerprint density at radius 1 is 1.21 bits per heavy atom. The molecule has 6 nitrogen and oxygen atoms in total. The zero-order chi connectivity index (χ0) is 19.5. The van der Waals surface area contributed by atoms with Crippen LogP contribution in [0, 0.1) is 6.92 Å². The molecule has 3 heterocycles. The molecule has 3 aromatic rings. The highest BCUT2D eigenvalue weighted by Crippen LogP contribution is 2.30. The number of aromatic carboxylic acids is 1. The minimum atomic E-state index is -0.952. The summed E-state index contributed by atoms with van der Waals surface area (Å²) in [7, 11) is 0. The molecule has 6 heteroatoms. The highest BCUT2D eigenvalue weighted by Gasteiger charge is 2.25. The number of carboxylic acid groups (broad SMARTS) is 1. The zero-order valence-corrected chi connectivity index (χ0v) is 15.8. The predicted octanol–water partition coefficient (Wildman–Crippen LogP) is 4.12. The van der Waals surface area contributed by atoms with Crippen LogP contribution in [0.4, 0.5) is 0 Å². The van der Waals surface area contributed by atoms with Gasteiger partial charge in [0, 0.05) is 30.4 Å². The summed E-state index contributed by atoms with van der Waals surface area (Å²) < 4.78 is 5.99. The summed E-state index contributed by atoms with van der Waals surface area (Å²) in [5.41, 5.74) is 2.94. The van der Waals surface area contributed by atoms with E-state index in [0.717, 1.165) is 43.1 Å². The van der Waals surface area contributed by atoms with E-state index in [-0.39, 0.29) is 5.56 Å². The van der Waals surface area contributed by atoms with E-state index >= 15 is 0 Å². The quantitative estimate of drug-likeness (QED) is 0.720. The van der Waals surface area contributed by atoms with Crippen LogP contribution in [0.15, 0.2) is 53.2 Å². The molecule has 2 aromatic heterocycles. The number of hydrogen-bond donors (Lipinski definition) is 1. The van der Waals surface area contributed by atoms with Crippen molar-refractivity contribution in [1.82, 2.24) is 14.9 Å². The van der Waals surface area contributed by atoms with Crippen LogP contribution in [0.2, 0.25) is 0 Å². The van der Waals surface area contributed by atoms with Gasteiger partial charge in [-0.3, -0.25) is 14.9 Å². The average molecular weight is 377 g/mol. The van der Waals surface area contributed by atoms with Crippen LogP contribution in [-0.4, -0.2) is 39.0 Å². The number of likely N-dealkylation sites (tertiary alicyclic amines) is 1. The second kappa shape index (κ2) is 7.94. The summed E-state index contributed by atoms with van der Waals surface area (Å²) in [6.07, 6.45) is 5.72. The Morgan fingerprint density at radius 2 is 2.04 bits per heavy atom. The molecule has 1 atom stereocenters. The van der Waals surface area contributed by atoms with Crippen molar-refractivity contribution in [2.75, 3.05) is 13.1 Å². The molecule has 0 saturated carbocycles. The molecular weight excluding hydrogens is 354 g/mol. The lowest BCUT2D eigenvalue weighted by Gasteiger charge is -2.32. The first-order valence-electron chi connectivity index (χ1n) is 9.53. The molecule has 0 spiro atoms. The van der Waals surface area contributed by atoms with E-state index in [0.29, 0.717) is 23.8 Å². The number of piperidine rings is 1.